The van der Waals surface area contributed by atoms with Gasteiger partial charge in [-0.1, -0.05) is 17.7 Å². The molecular formula is C16H19ClN2O4S. The summed E-state index contributed by atoms with van der Waals surface area (Å²) in [4.78, 5) is 35.9. The lowest BCUT2D eigenvalue weighted by Gasteiger charge is -2.27. The van der Waals surface area contributed by atoms with Crippen molar-refractivity contribution in [1.29, 1.82) is 0 Å². The number of benzene rings is 1. The lowest BCUT2D eigenvalue weighted by molar-refractivity contribution is -0.146. The molecule has 1 aliphatic rings. The second-order valence-corrected chi connectivity index (χ2v) is 7.02. The number of hydrogen-bond donors (Lipinski definition) is 2. The summed E-state index contributed by atoms with van der Waals surface area (Å²) in [5, 5.41) is 5.36. The number of carbonyl (C=O) groups is 3. The molecule has 2 rings (SSSR count). The Kier molecular flexibility index (Phi) is 6.51. The zero-order chi connectivity index (χ0) is 17.7. The summed E-state index contributed by atoms with van der Waals surface area (Å²) in [6.45, 7) is 3.83. The Morgan fingerprint density at radius 2 is 2.21 bits per heavy atom. The van der Waals surface area contributed by atoms with Crippen molar-refractivity contribution in [3.8, 4) is 0 Å². The Hall–Kier alpha value is -1.73. The van der Waals surface area contributed by atoms with Crippen LogP contribution in [0, 0.1) is 6.92 Å². The fraction of sp³-hybridized carbons (Fsp3) is 0.438. The fourth-order valence-electron chi connectivity index (χ4n) is 2.21. The highest BCUT2D eigenvalue weighted by molar-refractivity contribution is 8.00. The van der Waals surface area contributed by atoms with E-state index in [1.165, 1.54) is 11.8 Å². The maximum Gasteiger partial charge on any atom is 0.329 e. The van der Waals surface area contributed by atoms with Crippen LogP contribution in [0.3, 0.4) is 0 Å². The van der Waals surface area contributed by atoms with Gasteiger partial charge >= 0.3 is 5.97 Å². The zero-order valence-electron chi connectivity index (χ0n) is 13.4. The normalized spacial score (nSPS) is 20.2. The molecule has 0 spiro atoms. The third-order valence-corrected chi connectivity index (χ3v) is 5.03. The van der Waals surface area contributed by atoms with Crippen molar-refractivity contribution in [2.75, 3.05) is 17.7 Å². The maximum absolute atomic E-state index is 12.2. The summed E-state index contributed by atoms with van der Waals surface area (Å²) in [6.07, 6.45) is 0.0258. The first-order valence-corrected chi connectivity index (χ1v) is 8.98. The van der Waals surface area contributed by atoms with Crippen molar-refractivity contribution in [1.82, 2.24) is 5.32 Å². The van der Waals surface area contributed by atoms with Crippen LogP contribution in [-0.4, -0.2) is 41.4 Å². The highest BCUT2D eigenvalue weighted by Gasteiger charge is 2.34. The molecule has 0 saturated carbocycles. The summed E-state index contributed by atoms with van der Waals surface area (Å²) in [5.74, 6) is -0.667. The number of hydrogen-bond acceptors (Lipinski definition) is 5. The molecule has 0 radical (unpaired) electrons. The van der Waals surface area contributed by atoms with E-state index in [2.05, 4.69) is 10.6 Å². The number of ether oxygens (including phenoxy) is 1. The molecule has 24 heavy (non-hydrogen) atoms. The van der Waals surface area contributed by atoms with Crippen molar-refractivity contribution in [3.05, 3.63) is 28.8 Å². The first kappa shape index (κ1) is 18.6. The van der Waals surface area contributed by atoms with Crippen molar-refractivity contribution in [2.24, 2.45) is 0 Å². The van der Waals surface area contributed by atoms with Gasteiger partial charge in [-0.15, -0.1) is 11.8 Å². The topological polar surface area (TPSA) is 84.5 Å². The van der Waals surface area contributed by atoms with Gasteiger partial charge in [0.25, 0.3) is 0 Å². The third-order valence-electron chi connectivity index (χ3n) is 3.49. The van der Waals surface area contributed by atoms with Gasteiger partial charge in [-0.3, -0.25) is 9.59 Å². The third kappa shape index (κ3) is 4.88. The smallest absolute Gasteiger partial charge is 0.329 e. The zero-order valence-corrected chi connectivity index (χ0v) is 15.0. The van der Waals surface area contributed by atoms with E-state index in [-0.39, 0.29) is 24.8 Å². The molecule has 0 aliphatic carbocycles. The molecule has 2 atom stereocenters. The number of thioether (sulfide) groups is 1. The van der Waals surface area contributed by atoms with E-state index < -0.39 is 17.3 Å². The molecule has 2 N–H and O–H groups in total. The number of nitrogens with one attached hydrogen (secondary N) is 2. The van der Waals surface area contributed by atoms with Gasteiger partial charge in [0.2, 0.25) is 11.8 Å². The van der Waals surface area contributed by atoms with Gasteiger partial charge in [0.1, 0.15) is 6.04 Å². The van der Waals surface area contributed by atoms with E-state index in [4.69, 9.17) is 16.3 Å². The van der Waals surface area contributed by atoms with Crippen LogP contribution in [-0.2, 0) is 19.1 Å². The Labute approximate surface area is 149 Å². The maximum atomic E-state index is 12.2. The number of esters is 1. The molecule has 130 valence electrons. The van der Waals surface area contributed by atoms with Crippen LogP contribution in [0.15, 0.2) is 18.2 Å². The number of halogens is 1. The molecule has 0 aromatic heterocycles. The minimum absolute atomic E-state index is 0.0258. The summed E-state index contributed by atoms with van der Waals surface area (Å²) in [5.41, 5.74) is 1.51. The Bertz CT molecular complexity index is 653. The number of carbonyl (C=O) groups excluding carboxylic acids is 3. The van der Waals surface area contributed by atoms with Gasteiger partial charge in [0.05, 0.1) is 11.9 Å². The molecule has 8 heteroatoms. The van der Waals surface area contributed by atoms with Crippen molar-refractivity contribution in [3.63, 3.8) is 0 Å². The van der Waals surface area contributed by atoms with Gasteiger partial charge in [0.15, 0.2) is 0 Å². The lowest BCUT2D eigenvalue weighted by Crippen LogP contribution is -2.51. The van der Waals surface area contributed by atoms with Crippen LogP contribution >= 0.6 is 23.4 Å². The second kappa shape index (κ2) is 8.39. The fourth-order valence-corrected chi connectivity index (χ4v) is 3.52. The average molecular weight is 371 g/mol. The molecular weight excluding hydrogens is 352 g/mol. The Morgan fingerprint density at radius 1 is 1.46 bits per heavy atom. The van der Waals surface area contributed by atoms with E-state index in [0.29, 0.717) is 16.5 Å². The van der Waals surface area contributed by atoms with Gasteiger partial charge in [-0.25, -0.2) is 4.79 Å². The summed E-state index contributed by atoms with van der Waals surface area (Å²) in [7, 11) is 0. The van der Waals surface area contributed by atoms with Crippen molar-refractivity contribution in [2.45, 2.75) is 31.6 Å². The van der Waals surface area contributed by atoms with E-state index >= 15 is 0 Å². The largest absolute Gasteiger partial charge is 0.464 e. The van der Waals surface area contributed by atoms with E-state index in [1.54, 1.807) is 19.1 Å². The standard InChI is InChI=1S/C16H19ClN2O4S/c1-3-23-16(22)12-8-24-13(15(21)19-12)7-14(20)18-11-6-10(17)5-4-9(11)2/h4-6,12-13H,3,7-8H2,1-2H3,(H,18,20)(H,19,21). The highest BCUT2D eigenvalue weighted by atomic mass is 35.5. The Balaban J connectivity index is 1.90. The average Bonchev–Trinajstić information content (AvgIpc) is 2.53. The number of aryl methyl sites for hydroxylation is 1. The first-order chi connectivity index (χ1) is 11.4. The number of amides is 2. The SMILES string of the molecule is CCOC(=O)C1CSC(CC(=O)Nc2cc(Cl)ccc2C)C(=O)N1. The van der Waals surface area contributed by atoms with E-state index in [1.807, 2.05) is 13.0 Å². The molecule has 2 unspecified atom stereocenters. The van der Waals surface area contributed by atoms with Crippen molar-refractivity contribution >= 4 is 46.8 Å². The minimum atomic E-state index is -0.656. The molecule has 2 amide bonds. The van der Waals surface area contributed by atoms with Gasteiger partial charge in [-0.05, 0) is 31.5 Å². The molecule has 1 heterocycles. The first-order valence-electron chi connectivity index (χ1n) is 7.55. The highest BCUT2D eigenvalue weighted by Crippen LogP contribution is 2.24. The van der Waals surface area contributed by atoms with Crippen molar-refractivity contribution < 1.29 is 19.1 Å². The van der Waals surface area contributed by atoms with Gasteiger partial charge in [0, 0.05) is 22.9 Å². The monoisotopic (exact) mass is 370 g/mol. The summed E-state index contributed by atoms with van der Waals surface area (Å²) >= 11 is 7.20. The van der Waals surface area contributed by atoms with Crippen LogP contribution in [0.4, 0.5) is 5.69 Å². The summed E-state index contributed by atoms with van der Waals surface area (Å²) < 4.78 is 4.89. The van der Waals surface area contributed by atoms with E-state index in [0.717, 1.165) is 5.56 Å². The molecule has 6 nitrogen and oxygen atoms in total. The number of rotatable bonds is 5. The minimum Gasteiger partial charge on any atom is -0.464 e. The quantitative estimate of drug-likeness (QED) is 0.776. The van der Waals surface area contributed by atoms with Crippen LogP contribution in [0.1, 0.15) is 18.9 Å². The number of anilines is 1. The molecule has 1 saturated heterocycles. The molecule has 0 bridgehead atoms. The predicted molar refractivity (Wildman–Crippen MR) is 94.2 cm³/mol. The van der Waals surface area contributed by atoms with Crippen LogP contribution < -0.4 is 10.6 Å². The lowest BCUT2D eigenvalue weighted by atomic mass is 10.2. The second-order valence-electron chi connectivity index (χ2n) is 5.35. The molecule has 1 aromatic carbocycles. The van der Waals surface area contributed by atoms with Gasteiger partial charge in [-0.2, -0.15) is 0 Å². The van der Waals surface area contributed by atoms with Crippen LogP contribution in [0.5, 0.6) is 0 Å². The van der Waals surface area contributed by atoms with E-state index in [9.17, 15) is 14.4 Å². The van der Waals surface area contributed by atoms with Crippen LogP contribution in [0.25, 0.3) is 0 Å². The molecule has 1 aromatic rings. The van der Waals surface area contributed by atoms with Crippen LogP contribution in [0.2, 0.25) is 5.02 Å². The predicted octanol–water partition coefficient (Wildman–Crippen LogP) is 2.14. The molecule has 1 fully saturated rings. The Morgan fingerprint density at radius 3 is 2.88 bits per heavy atom. The molecule has 1 aliphatic heterocycles. The summed E-state index contributed by atoms with van der Waals surface area (Å²) in [6, 6.07) is 4.56. The van der Waals surface area contributed by atoms with Gasteiger partial charge < -0.3 is 15.4 Å².